The van der Waals surface area contributed by atoms with Crippen molar-refractivity contribution in [2.45, 2.75) is 5.54 Å². The molecule has 0 spiro atoms. The molecule has 4 rings (SSSR count). The van der Waals surface area contributed by atoms with Crippen LogP contribution < -0.4 is 0 Å². The van der Waals surface area contributed by atoms with E-state index in [1.807, 2.05) is 11.8 Å². The van der Waals surface area contributed by atoms with Crippen LogP contribution in [0.4, 0.5) is 0 Å². The molecule has 1 saturated heterocycles. The van der Waals surface area contributed by atoms with Crippen molar-refractivity contribution >= 4 is 11.8 Å². The molecule has 0 aromatic heterocycles. The normalized spacial score (nSPS) is 15.5. The van der Waals surface area contributed by atoms with Crippen molar-refractivity contribution in [2.24, 2.45) is 0 Å². The van der Waals surface area contributed by atoms with Gasteiger partial charge < -0.3 is 0 Å². The highest BCUT2D eigenvalue weighted by Gasteiger charge is 2.43. The molecule has 120 valence electrons. The first-order chi connectivity index (χ1) is 11.9. The number of thioether (sulfide) groups is 1. The van der Waals surface area contributed by atoms with Gasteiger partial charge in [0.1, 0.15) is 0 Å². The highest BCUT2D eigenvalue weighted by molar-refractivity contribution is 7.99. The van der Waals surface area contributed by atoms with Crippen molar-refractivity contribution in [1.29, 1.82) is 0 Å². The zero-order valence-corrected chi connectivity index (χ0v) is 14.5. The molecule has 2 heteroatoms. The van der Waals surface area contributed by atoms with E-state index in [9.17, 15) is 0 Å². The summed E-state index contributed by atoms with van der Waals surface area (Å²) in [7, 11) is 0. The molecular formula is C22H21NS. The molecule has 1 aliphatic heterocycles. The molecule has 0 aliphatic carbocycles. The van der Waals surface area contributed by atoms with E-state index in [4.69, 9.17) is 0 Å². The fourth-order valence-corrected chi connectivity index (χ4v) is 4.79. The van der Waals surface area contributed by atoms with Crippen LogP contribution in [0.15, 0.2) is 91.0 Å². The fourth-order valence-electron chi connectivity index (χ4n) is 3.76. The van der Waals surface area contributed by atoms with Gasteiger partial charge in [0.15, 0.2) is 0 Å². The molecule has 24 heavy (non-hydrogen) atoms. The fraction of sp³-hybridized carbons (Fsp3) is 0.182. The van der Waals surface area contributed by atoms with Crippen LogP contribution in [0.3, 0.4) is 0 Å². The van der Waals surface area contributed by atoms with E-state index in [0.29, 0.717) is 0 Å². The summed E-state index contributed by atoms with van der Waals surface area (Å²) in [6.45, 7) is 1.10. The molecule has 0 saturated carbocycles. The number of hydrogen-bond acceptors (Lipinski definition) is 2. The van der Waals surface area contributed by atoms with Crippen LogP contribution in [0.1, 0.15) is 16.7 Å². The first kappa shape index (κ1) is 15.5. The molecule has 1 fully saturated rings. The lowest BCUT2D eigenvalue weighted by Gasteiger charge is -2.43. The monoisotopic (exact) mass is 331 g/mol. The Bertz CT molecular complexity index is 668. The standard InChI is InChI=1S/C22H21NS/c1-4-10-19(11-5-1)22(23-16-17-24-18-23,20-12-6-2-7-13-20)21-14-8-3-9-15-21/h1-15H,16-18H2. The van der Waals surface area contributed by atoms with E-state index in [1.54, 1.807) is 0 Å². The second-order valence-corrected chi connectivity index (χ2v) is 7.18. The van der Waals surface area contributed by atoms with Crippen LogP contribution in [-0.2, 0) is 5.54 Å². The topological polar surface area (TPSA) is 3.24 Å². The van der Waals surface area contributed by atoms with Gasteiger partial charge in [-0.25, -0.2) is 0 Å². The number of rotatable bonds is 4. The predicted molar refractivity (Wildman–Crippen MR) is 103 cm³/mol. The quantitative estimate of drug-likeness (QED) is 0.620. The van der Waals surface area contributed by atoms with E-state index in [1.165, 1.54) is 22.4 Å². The van der Waals surface area contributed by atoms with Gasteiger partial charge in [0, 0.05) is 18.2 Å². The van der Waals surface area contributed by atoms with E-state index in [0.717, 1.165) is 12.4 Å². The molecular weight excluding hydrogens is 310 g/mol. The third kappa shape index (κ3) is 2.56. The lowest BCUT2D eigenvalue weighted by molar-refractivity contribution is 0.211. The van der Waals surface area contributed by atoms with E-state index in [2.05, 4.69) is 95.9 Å². The molecule has 1 aliphatic rings. The summed E-state index contributed by atoms with van der Waals surface area (Å²) in [5.74, 6) is 2.24. The predicted octanol–water partition coefficient (Wildman–Crippen LogP) is 4.98. The second kappa shape index (κ2) is 6.84. The van der Waals surface area contributed by atoms with Crippen molar-refractivity contribution in [2.75, 3.05) is 18.2 Å². The van der Waals surface area contributed by atoms with Gasteiger partial charge in [0.2, 0.25) is 0 Å². The third-order valence-corrected chi connectivity index (χ3v) is 5.77. The molecule has 1 heterocycles. The minimum Gasteiger partial charge on any atom is -0.276 e. The van der Waals surface area contributed by atoms with Gasteiger partial charge in [0.05, 0.1) is 5.54 Å². The number of benzene rings is 3. The summed E-state index contributed by atoms with van der Waals surface area (Å²) in [5, 5.41) is 0. The molecule has 0 radical (unpaired) electrons. The van der Waals surface area contributed by atoms with Crippen molar-refractivity contribution in [3.05, 3.63) is 108 Å². The molecule has 0 amide bonds. The Hall–Kier alpha value is -2.03. The number of nitrogens with zero attached hydrogens (tertiary/aromatic N) is 1. The van der Waals surface area contributed by atoms with Gasteiger partial charge in [-0.3, -0.25) is 4.90 Å². The maximum absolute atomic E-state index is 2.62. The first-order valence-corrected chi connectivity index (χ1v) is 9.57. The van der Waals surface area contributed by atoms with Crippen LogP contribution >= 0.6 is 11.8 Å². The zero-order chi connectivity index (χ0) is 16.2. The Morgan fingerprint density at radius 3 is 1.38 bits per heavy atom. The van der Waals surface area contributed by atoms with Crippen molar-refractivity contribution in [1.82, 2.24) is 4.90 Å². The Morgan fingerprint density at radius 2 is 1.04 bits per heavy atom. The van der Waals surface area contributed by atoms with Gasteiger partial charge in [-0.15, -0.1) is 11.8 Å². The van der Waals surface area contributed by atoms with Gasteiger partial charge in [-0.1, -0.05) is 91.0 Å². The third-order valence-electron chi connectivity index (χ3n) is 4.80. The Balaban J connectivity index is 2.03. The maximum Gasteiger partial charge on any atom is 0.0979 e. The Morgan fingerprint density at radius 1 is 0.625 bits per heavy atom. The molecule has 0 N–H and O–H groups in total. The van der Waals surface area contributed by atoms with Gasteiger partial charge in [-0.05, 0) is 16.7 Å². The molecule has 0 bridgehead atoms. The summed E-state index contributed by atoms with van der Waals surface area (Å²) in [6, 6.07) is 32.8. The highest BCUT2D eigenvalue weighted by atomic mass is 32.2. The average molecular weight is 331 g/mol. The van der Waals surface area contributed by atoms with Crippen molar-refractivity contribution in [3.8, 4) is 0 Å². The lowest BCUT2D eigenvalue weighted by atomic mass is 9.76. The smallest absolute Gasteiger partial charge is 0.0979 e. The first-order valence-electron chi connectivity index (χ1n) is 8.42. The summed E-state index contributed by atoms with van der Waals surface area (Å²) in [4.78, 5) is 2.62. The van der Waals surface area contributed by atoms with Crippen molar-refractivity contribution in [3.63, 3.8) is 0 Å². The molecule has 0 unspecified atom stereocenters. The summed E-state index contributed by atoms with van der Waals surface area (Å²) >= 11 is 2.02. The largest absolute Gasteiger partial charge is 0.276 e. The van der Waals surface area contributed by atoms with E-state index >= 15 is 0 Å². The maximum atomic E-state index is 2.62. The summed E-state index contributed by atoms with van der Waals surface area (Å²) < 4.78 is 0. The van der Waals surface area contributed by atoms with E-state index < -0.39 is 0 Å². The SMILES string of the molecule is c1ccc(C(c2ccccc2)(c2ccccc2)N2CCSC2)cc1. The van der Waals surface area contributed by atoms with Gasteiger partial charge >= 0.3 is 0 Å². The average Bonchev–Trinajstić information content (AvgIpc) is 3.20. The highest BCUT2D eigenvalue weighted by Crippen LogP contribution is 2.44. The Kier molecular flexibility index (Phi) is 4.42. The molecule has 1 nitrogen and oxygen atoms in total. The molecule has 3 aromatic carbocycles. The van der Waals surface area contributed by atoms with Crippen LogP contribution in [0.25, 0.3) is 0 Å². The van der Waals surface area contributed by atoms with Gasteiger partial charge in [0.25, 0.3) is 0 Å². The minimum atomic E-state index is -0.229. The summed E-state index contributed by atoms with van der Waals surface area (Å²) in [6.07, 6.45) is 0. The molecule has 3 aromatic rings. The van der Waals surface area contributed by atoms with Gasteiger partial charge in [-0.2, -0.15) is 0 Å². The van der Waals surface area contributed by atoms with Crippen molar-refractivity contribution < 1.29 is 0 Å². The van der Waals surface area contributed by atoms with Crippen LogP contribution in [0, 0.1) is 0 Å². The lowest BCUT2D eigenvalue weighted by Crippen LogP contribution is -2.46. The number of hydrogen-bond donors (Lipinski definition) is 0. The van der Waals surface area contributed by atoms with Crippen LogP contribution in [-0.4, -0.2) is 23.1 Å². The Labute approximate surface area is 148 Å². The van der Waals surface area contributed by atoms with Crippen LogP contribution in [0.5, 0.6) is 0 Å². The second-order valence-electron chi connectivity index (χ2n) is 6.11. The minimum absolute atomic E-state index is 0.229. The summed E-state index contributed by atoms with van der Waals surface area (Å²) in [5.41, 5.74) is 3.78. The van der Waals surface area contributed by atoms with E-state index in [-0.39, 0.29) is 5.54 Å². The molecule has 0 atom stereocenters. The van der Waals surface area contributed by atoms with Crippen LogP contribution in [0.2, 0.25) is 0 Å². The zero-order valence-electron chi connectivity index (χ0n) is 13.6.